The Labute approximate surface area is 164 Å². The smallest absolute Gasteiger partial charge is 0.338 e. The van der Waals surface area contributed by atoms with Gasteiger partial charge < -0.3 is 4.74 Å². The van der Waals surface area contributed by atoms with E-state index in [0.717, 1.165) is 5.56 Å². The zero-order valence-corrected chi connectivity index (χ0v) is 15.8. The molecule has 0 bridgehead atoms. The number of ether oxygens (including phenoxy) is 1. The van der Waals surface area contributed by atoms with Crippen molar-refractivity contribution in [2.45, 2.75) is 32.3 Å². The predicted octanol–water partition coefficient (Wildman–Crippen LogP) is 6.23. The molecule has 0 radical (unpaired) electrons. The Morgan fingerprint density at radius 2 is 1.43 bits per heavy atom. The second kappa shape index (κ2) is 7.12. The molecular weight excluding hydrogens is 344 g/mol. The van der Waals surface area contributed by atoms with Crippen molar-refractivity contribution in [1.82, 2.24) is 0 Å². The number of hydrogen-bond acceptors (Lipinski definition) is 2. The predicted molar refractivity (Wildman–Crippen MR) is 114 cm³/mol. The second-order valence-electron chi connectivity index (χ2n) is 7.53. The lowest BCUT2D eigenvalue weighted by molar-refractivity contribution is 0.0535. The van der Waals surface area contributed by atoms with Gasteiger partial charge in [-0.2, -0.15) is 0 Å². The maximum Gasteiger partial charge on any atom is 0.338 e. The van der Waals surface area contributed by atoms with Crippen LogP contribution in [0.2, 0.25) is 0 Å². The van der Waals surface area contributed by atoms with Crippen molar-refractivity contribution >= 4 is 27.5 Å². The molecule has 0 saturated heterocycles. The van der Waals surface area contributed by atoms with Crippen LogP contribution in [0.5, 0.6) is 0 Å². The van der Waals surface area contributed by atoms with E-state index < -0.39 is 0 Å². The van der Waals surface area contributed by atoms with Crippen LogP contribution >= 0.6 is 0 Å². The molecule has 2 aliphatic rings. The summed E-state index contributed by atoms with van der Waals surface area (Å²) in [4.78, 5) is 10.8. The van der Waals surface area contributed by atoms with E-state index >= 15 is 0 Å². The third-order valence-electron chi connectivity index (χ3n) is 5.85. The van der Waals surface area contributed by atoms with Crippen LogP contribution in [-0.2, 0) is 24.2 Å². The number of carbonyl (C=O) groups is 1. The van der Waals surface area contributed by atoms with Gasteiger partial charge in [0, 0.05) is 5.56 Å². The summed E-state index contributed by atoms with van der Waals surface area (Å²) in [5, 5.41) is 5.64. The number of carbonyl (C=O) groups excluding carboxylic acids is 1. The molecular formula is C26H22O2. The van der Waals surface area contributed by atoms with Gasteiger partial charge in [-0.1, -0.05) is 66.7 Å². The maximum absolute atomic E-state index is 10.8. The van der Waals surface area contributed by atoms with Crippen LogP contribution in [0.3, 0.4) is 0 Å². The number of cyclic esters (lactones) is 1. The molecule has 28 heavy (non-hydrogen) atoms. The minimum absolute atomic E-state index is 0.199. The molecule has 4 aromatic rings. The van der Waals surface area contributed by atoms with E-state index in [1.54, 1.807) is 17.2 Å². The quantitative estimate of drug-likeness (QED) is 0.272. The summed E-state index contributed by atoms with van der Waals surface area (Å²) in [6.07, 6.45) is 5.22. The van der Waals surface area contributed by atoms with Gasteiger partial charge in [-0.15, -0.1) is 0 Å². The molecule has 1 heterocycles. The minimum atomic E-state index is -0.199. The maximum atomic E-state index is 10.8. The summed E-state index contributed by atoms with van der Waals surface area (Å²) >= 11 is 0. The van der Waals surface area contributed by atoms with Gasteiger partial charge in [0.05, 0.1) is 5.56 Å². The third kappa shape index (κ3) is 2.95. The van der Waals surface area contributed by atoms with Gasteiger partial charge in [-0.3, -0.25) is 0 Å². The first-order valence-corrected chi connectivity index (χ1v) is 9.98. The van der Waals surface area contributed by atoms with Crippen molar-refractivity contribution < 1.29 is 9.53 Å². The number of benzene rings is 4. The van der Waals surface area contributed by atoms with Gasteiger partial charge in [-0.25, -0.2) is 4.79 Å². The topological polar surface area (TPSA) is 26.3 Å². The van der Waals surface area contributed by atoms with Gasteiger partial charge in [0.1, 0.15) is 6.61 Å². The molecule has 0 N–H and O–H groups in total. The number of fused-ring (bicyclic) bond motifs is 6. The Hall–Kier alpha value is -3.13. The van der Waals surface area contributed by atoms with Gasteiger partial charge >= 0.3 is 5.97 Å². The highest BCUT2D eigenvalue weighted by molar-refractivity contribution is 6.08. The molecule has 0 amide bonds. The van der Waals surface area contributed by atoms with Gasteiger partial charge in [0.15, 0.2) is 0 Å². The van der Waals surface area contributed by atoms with Crippen LogP contribution in [0.1, 0.15) is 39.9 Å². The molecule has 0 spiro atoms. The second-order valence-corrected chi connectivity index (χ2v) is 7.53. The highest BCUT2D eigenvalue weighted by Crippen LogP contribution is 2.33. The van der Waals surface area contributed by atoms with E-state index in [4.69, 9.17) is 4.74 Å². The summed E-state index contributed by atoms with van der Waals surface area (Å²) in [6.45, 7) is 0.439. The lowest BCUT2D eigenvalue weighted by Gasteiger charge is -2.18. The molecule has 2 nitrogen and oxygen atoms in total. The Kier molecular flexibility index (Phi) is 4.32. The van der Waals surface area contributed by atoms with E-state index in [-0.39, 0.29) is 5.97 Å². The fourth-order valence-corrected chi connectivity index (χ4v) is 4.41. The van der Waals surface area contributed by atoms with Crippen molar-refractivity contribution in [3.8, 4) is 0 Å². The van der Waals surface area contributed by atoms with Crippen LogP contribution in [0.25, 0.3) is 21.5 Å². The fourth-order valence-electron chi connectivity index (χ4n) is 4.41. The van der Waals surface area contributed by atoms with Crippen molar-refractivity contribution in [2.24, 2.45) is 0 Å². The van der Waals surface area contributed by atoms with E-state index in [1.165, 1.54) is 47.2 Å². The Bertz CT molecular complexity index is 1190. The van der Waals surface area contributed by atoms with Crippen LogP contribution in [0.15, 0.2) is 72.8 Å². The van der Waals surface area contributed by atoms with Crippen LogP contribution in [0, 0.1) is 0 Å². The standard InChI is InChI=1S/C18H16.C8H6O2/c1-3-7-15-13(5-1)9-11-18-16-8-4-2-6-14(16)10-12-17(15)18;9-8-7-4-2-1-3-6(7)5-10-8/h1,3,5,7,9-12H,2,4,6,8H2;1-4H,5H2. The molecule has 0 atom stereocenters. The third-order valence-corrected chi connectivity index (χ3v) is 5.85. The Morgan fingerprint density at radius 1 is 0.643 bits per heavy atom. The highest BCUT2D eigenvalue weighted by atomic mass is 16.5. The van der Waals surface area contributed by atoms with Crippen LogP contribution in [0.4, 0.5) is 0 Å². The lowest BCUT2D eigenvalue weighted by Crippen LogP contribution is -2.02. The van der Waals surface area contributed by atoms with Crippen molar-refractivity contribution in [3.05, 3.63) is 95.1 Å². The largest absolute Gasteiger partial charge is 0.457 e. The Morgan fingerprint density at radius 3 is 2.36 bits per heavy atom. The first kappa shape index (κ1) is 17.0. The van der Waals surface area contributed by atoms with Crippen molar-refractivity contribution in [2.75, 3.05) is 0 Å². The first-order chi connectivity index (χ1) is 13.8. The summed E-state index contributed by atoms with van der Waals surface area (Å²) in [5.41, 5.74) is 4.88. The Balaban J connectivity index is 0.000000145. The fraction of sp³-hybridized carbons (Fsp3) is 0.192. The number of esters is 1. The van der Waals surface area contributed by atoms with E-state index in [2.05, 4.69) is 48.5 Å². The van der Waals surface area contributed by atoms with E-state index in [9.17, 15) is 4.79 Å². The summed E-state index contributed by atoms with van der Waals surface area (Å²) < 4.78 is 4.78. The lowest BCUT2D eigenvalue weighted by atomic mass is 9.86. The van der Waals surface area contributed by atoms with Gasteiger partial charge in [0.2, 0.25) is 0 Å². The molecule has 1 aliphatic heterocycles. The highest BCUT2D eigenvalue weighted by Gasteiger charge is 2.19. The molecule has 138 valence electrons. The molecule has 6 rings (SSSR count). The number of aryl methyl sites for hydroxylation is 2. The molecule has 0 saturated carbocycles. The molecule has 0 aromatic heterocycles. The monoisotopic (exact) mass is 366 g/mol. The zero-order chi connectivity index (χ0) is 18.9. The number of rotatable bonds is 0. The van der Waals surface area contributed by atoms with Crippen LogP contribution in [-0.4, -0.2) is 5.97 Å². The zero-order valence-electron chi connectivity index (χ0n) is 15.8. The van der Waals surface area contributed by atoms with E-state index in [0.29, 0.717) is 12.2 Å². The average molecular weight is 366 g/mol. The van der Waals surface area contributed by atoms with Crippen molar-refractivity contribution in [1.29, 1.82) is 0 Å². The SMILES string of the molecule is O=C1OCc2ccccc21.c1ccc2c(c1)ccc1c3c(ccc12)CCCC3. The minimum Gasteiger partial charge on any atom is -0.457 e. The first-order valence-electron chi connectivity index (χ1n) is 9.98. The molecule has 0 unspecified atom stereocenters. The number of hydrogen-bond donors (Lipinski definition) is 0. The summed E-state index contributed by atoms with van der Waals surface area (Å²) in [7, 11) is 0. The molecule has 4 aromatic carbocycles. The molecule has 1 aliphatic carbocycles. The average Bonchev–Trinajstić information content (AvgIpc) is 3.15. The normalized spacial score (nSPS) is 14.8. The van der Waals surface area contributed by atoms with Gasteiger partial charge in [-0.05, 0) is 64.4 Å². The van der Waals surface area contributed by atoms with Crippen molar-refractivity contribution in [3.63, 3.8) is 0 Å². The molecule has 2 heteroatoms. The molecule has 0 fully saturated rings. The van der Waals surface area contributed by atoms with E-state index in [1.807, 2.05) is 18.2 Å². The summed E-state index contributed by atoms with van der Waals surface area (Å²) in [6, 6.07) is 25.4. The van der Waals surface area contributed by atoms with Gasteiger partial charge in [0.25, 0.3) is 0 Å². The summed E-state index contributed by atoms with van der Waals surface area (Å²) in [5.74, 6) is -0.199. The van der Waals surface area contributed by atoms with Crippen LogP contribution < -0.4 is 0 Å².